The fourth-order valence-corrected chi connectivity index (χ4v) is 2.72. The Kier molecular flexibility index (Phi) is 4.56. The molecule has 0 aliphatic carbocycles. The Hall–Kier alpha value is -2.11. The molecular formula is C17H19NO4. The number of benzene rings is 1. The van der Waals surface area contributed by atoms with Crippen LogP contribution in [0.2, 0.25) is 0 Å². The van der Waals surface area contributed by atoms with Gasteiger partial charge in [-0.1, -0.05) is 30.3 Å². The predicted octanol–water partition coefficient (Wildman–Crippen LogP) is 2.42. The first kappa shape index (κ1) is 14.8. The van der Waals surface area contributed by atoms with E-state index in [0.717, 1.165) is 19.5 Å². The minimum Gasteiger partial charge on any atom is -0.478 e. The molecule has 0 saturated carbocycles. The Morgan fingerprint density at radius 3 is 2.86 bits per heavy atom. The number of hydrogen-bond donors (Lipinski definition) is 1. The average Bonchev–Trinajstić information content (AvgIpc) is 2.97. The number of nitrogens with zero attached hydrogens (tertiary/aromatic N) is 1. The van der Waals surface area contributed by atoms with E-state index in [2.05, 4.69) is 17.0 Å². The van der Waals surface area contributed by atoms with E-state index in [4.69, 9.17) is 14.3 Å². The van der Waals surface area contributed by atoms with Crippen LogP contribution in [-0.2, 0) is 17.7 Å². The summed E-state index contributed by atoms with van der Waals surface area (Å²) in [5, 5.41) is 8.92. The second kappa shape index (κ2) is 6.77. The third-order valence-corrected chi connectivity index (χ3v) is 3.81. The number of hydrogen-bond acceptors (Lipinski definition) is 4. The van der Waals surface area contributed by atoms with Crippen molar-refractivity contribution >= 4 is 5.97 Å². The van der Waals surface area contributed by atoms with Gasteiger partial charge in [0.15, 0.2) is 0 Å². The van der Waals surface area contributed by atoms with Crippen LogP contribution in [0.1, 0.15) is 21.7 Å². The topological polar surface area (TPSA) is 62.9 Å². The molecule has 22 heavy (non-hydrogen) atoms. The zero-order valence-corrected chi connectivity index (χ0v) is 12.3. The third kappa shape index (κ3) is 3.75. The molecule has 1 N–H and O–H groups in total. The van der Waals surface area contributed by atoms with Gasteiger partial charge >= 0.3 is 5.97 Å². The molecule has 5 nitrogen and oxygen atoms in total. The van der Waals surface area contributed by atoms with Gasteiger partial charge in [-0.05, 0) is 18.1 Å². The fraction of sp³-hybridized carbons (Fsp3) is 0.353. The third-order valence-electron chi connectivity index (χ3n) is 3.81. The van der Waals surface area contributed by atoms with Crippen LogP contribution in [0.25, 0.3) is 0 Å². The van der Waals surface area contributed by atoms with Gasteiger partial charge in [0.25, 0.3) is 0 Å². The smallest absolute Gasteiger partial charge is 0.338 e. The second-order valence-electron chi connectivity index (χ2n) is 5.52. The lowest BCUT2D eigenvalue weighted by Gasteiger charge is -2.32. The molecule has 1 saturated heterocycles. The maximum atomic E-state index is 10.9. The molecule has 1 fully saturated rings. The Labute approximate surface area is 129 Å². The van der Waals surface area contributed by atoms with Crippen molar-refractivity contribution in [3.63, 3.8) is 0 Å². The molecule has 1 aliphatic rings. The summed E-state index contributed by atoms with van der Waals surface area (Å²) in [5.41, 5.74) is 1.46. The first-order chi connectivity index (χ1) is 10.7. The molecule has 0 radical (unpaired) electrons. The molecule has 2 heterocycles. The summed E-state index contributed by atoms with van der Waals surface area (Å²) >= 11 is 0. The van der Waals surface area contributed by atoms with E-state index < -0.39 is 5.97 Å². The maximum absolute atomic E-state index is 10.9. The van der Waals surface area contributed by atoms with Gasteiger partial charge in [0.05, 0.1) is 24.8 Å². The van der Waals surface area contributed by atoms with Crippen LogP contribution in [0.15, 0.2) is 47.1 Å². The second-order valence-corrected chi connectivity index (χ2v) is 5.52. The van der Waals surface area contributed by atoms with E-state index in [1.54, 1.807) is 6.07 Å². The standard InChI is InChI=1S/C17H19NO4/c19-17(20)14-9-16(22-12-14)11-18-6-7-21-15(10-18)8-13-4-2-1-3-5-13/h1-5,9,12,15H,6-8,10-11H2,(H,19,20). The molecule has 0 amide bonds. The number of ether oxygens (including phenoxy) is 1. The van der Waals surface area contributed by atoms with Crippen molar-refractivity contribution in [3.05, 3.63) is 59.5 Å². The molecular weight excluding hydrogens is 282 g/mol. The lowest BCUT2D eigenvalue weighted by molar-refractivity contribution is -0.0322. The number of furan rings is 1. The van der Waals surface area contributed by atoms with Crippen LogP contribution >= 0.6 is 0 Å². The highest BCUT2D eigenvalue weighted by molar-refractivity contribution is 5.87. The van der Waals surface area contributed by atoms with Crippen LogP contribution in [-0.4, -0.2) is 41.8 Å². The van der Waals surface area contributed by atoms with Crippen LogP contribution < -0.4 is 0 Å². The summed E-state index contributed by atoms with van der Waals surface area (Å²) in [4.78, 5) is 13.1. The van der Waals surface area contributed by atoms with E-state index in [9.17, 15) is 4.79 Å². The number of rotatable bonds is 5. The zero-order chi connectivity index (χ0) is 15.4. The molecule has 3 rings (SSSR count). The van der Waals surface area contributed by atoms with Crippen LogP contribution in [0.4, 0.5) is 0 Å². The van der Waals surface area contributed by atoms with E-state index in [0.29, 0.717) is 18.9 Å². The minimum atomic E-state index is -0.959. The average molecular weight is 301 g/mol. The maximum Gasteiger partial charge on any atom is 0.338 e. The van der Waals surface area contributed by atoms with Crippen molar-refractivity contribution in [2.45, 2.75) is 19.1 Å². The van der Waals surface area contributed by atoms with E-state index in [1.807, 2.05) is 18.2 Å². The molecule has 1 aliphatic heterocycles. The van der Waals surface area contributed by atoms with Crippen LogP contribution in [0.3, 0.4) is 0 Å². The first-order valence-corrected chi connectivity index (χ1v) is 7.39. The van der Waals surface area contributed by atoms with Crippen molar-refractivity contribution in [1.82, 2.24) is 4.90 Å². The summed E-state index contributed by atoms with van der Waals surface area (Å²) in [7, 11) is 0. The number of carboxylic acids is 1. The molecule has 0 spiro atoms. The summed E-state index contributed by atoms with van der Waals surface area (Å²) in [5.74, 6) is -0.281. The number of carbonyl (C=O) groups is 1. The minimum absolute atomic E-state index is 0.157. The summed E-state index contributed by atoms with van der Waals surface area (Å²) in [6.45, 7) is 2.94. The molecule has 1 aromatic carbocycles. The van der Waals surface area contributed by atoms with E-state index in [-0.39, 0.29) is 11.7 Å². The Morgan fingerprint density at radius 2 is 2.14 bits per heavy atom. The molecule has 1 aromatic heterocycles. The van der Waals surface area contributed by atoms with Gasteiger partial charge in [-0.25, -0.2) is 4.79 Å². The monoisotopic (exact) mass is 301 g/mol. The SMILES string of the molecule is O=C(O)c1coc(CN2CCOC(Cc3ccccc3)C2)c1. The highest BCUT2D eigenvalue weighted by Crippen LogP contribution is 2.16. The largest absolute Gasteiger partial charge is 0.478 e. The van der Waals surface area contributed by atoms with Crippen molar-refractivity contribution in [2.75, 3.05) is 19.7 Å². The van der Waals surface area contributed by atoms with Gasteiger partial charge in [-0.2, -0.15) is 0 Å². The zero-order valence-electron chi connectivity index (χ0n) is 12.3. The fourth-order valence-electron chi connectivity index (χ4n) is 2.72. The molecule has 1 atom stereocenters. The quantitative estimate of drug-likeness (QED) is 0.919. The van der Waals surface area contributed by atoms with Crippen molar-refractivity contribution in [1.29, 1.82) is 0 Å². The molecule has 1 unspecified atom stereocenters. The molecule has 116 valence electrons. The number of carboxylic acid groups (broad SMARTS) is 1. The summed E-state index contributed by atoms with van der Waals surface area (Å²) in [6, 6.07) is 11.9. The normalized spacial score (nSPS) is 19.2. The predicted molar refractivity (Wildman–Crippen MR) is 80.8 cm³/mol. The lowest BCUT2D eigenvalue weighted by atomic mass is 10.1. The Balaban J connectivity index is 1.57. The first-order valence-electron chi connectivity index (χ1n) is 7.39. The highest BCUT2D eigenvalue weighted by atomic mass is 16.5. The van der Waals surface area contributed by atoms with Gasteiger partial charge in [0.2, 0.25) is 0 Å². The van der Waals surface area contributed by atoms with Gasteiger partial charge in [-0.3, -0.25) is 4.90 Å². The van der Waals surface area contributed by atoms with Gasteiger partial charge in [0.1, 0.15) is 12.0 Å². The molecule has 0 bridgehead atoms. The van der Waals surface area contributed by atoms with Crippen molar-refractivity contribution < 1.29 is 19.1 Å². The van der Waals surface area contributed by atoms with Crippen LogP contribution in [0, 0.1) is 0 Å². The van der Waals surface area contributed by atoms with Crippen molar-refractivity contribution in [3.8, 4) is 0 Å². The van der Waals surface area contributed by atoms with E-state index in [1.165, 1.54) is 11.8 Å². The van der Waals surface area contributed by atoms with Crippen LogP contribution in [0.5, 0.6) is 0 Å². The lowest BCUT2D eigenvalue weighted by Crippen LogP contribution is -2.42. The molecule has 5 heteroatoms. The highest BCUT2D eigenvalue weighted by Gasteiger charge is 2.22. The summed E-state index contributed by atoms with van der Waals surface area (Å²) < 4.78 is 11.1. The van der Waals surface area contributed by atoms with E-state index >= 15 is 0 Å². The Bertz CT molecular complexity index is 623. The van der Waals surface area contributed by atoms with Gasteiger partial charge in [-0.15, -0.1) is 0 Å². The number of aromatic carboxylic acids is 1. The molecule has 2 aromatic rings. The number of morpholine rings is 1. The summed E-state index contributed by atoms with van der Waals surface area (Å²) in [6.07, 6.45) is 2.33. The van der Waals surface area contributed by atoms with Gasteiger partial charge < -0.3 is 14.3 Å². The van der Waals surface area contributed by atoms with Gasteiger partial charge in [0, 0.05) is 13.1 Å². The van der Waals surface area contributed by atoms with Crippen molar-refractivity contribution in [2.24, 2.45) is 0 Å². The Morgan fingerprint density at radius 1 is 1.32 bits per heavy atom.